The minimum absolute atomic E-state index is 0.234. The lowest BCUT2D eigenvalue weighted by atomic mass is 10.2. The van der Waals surface area contributed by atoms with Crippen LogP contribution in [-0.4, -0.2) is 44.8 Å². The van der Waals surface area contributed by atoms with E-state index in [1.165, 1.54) is 13.3 Å². The van der Waals surface area contributed by atoms with Gasteiger partial charge in [0.2, 0.25) is 0 Å². The van der Waals surface area contributed by atoms with Crippen LogP contribution in [0.5, 0.6) is 17.2 Å². The first-order chi connectivity index (χ1) is 17.4. The van der Waals surface area contributed by atoms with E-state index in [2.05, 4.69) is 21.2 Å². The topological polar surface area (TPSA) is 127 Å². The van der Waals surface area contributed by atoms with Crippen LogP contribution in [0.15, 0.2) is 71.8 Å². The lowest BCUT2D eigenvalue weighted by Crippen LogP contribution is -2.32. The van der Waals surface area contributed by atoms with E-state index in [0.717, 1.165) is 5.56 Å². The maximum atomic E-state index is 12.2. The number of nitrogens with zero attached hydrogens (tertiary/aromatic N) is 1. The van der Waals surface area contributed by atoms with Crippen LogP contribution >= 0.6 is 0 Å². The molecule has 3 aromatic carbocycles. The van der Waals surface area contributed by atoms with E-state index in [9.17, 15) is 14.4 Å². The Hall–Kier alpha value is -4.86. The first kappa shape index (κ1) is 25.8. The number of hydrogen-bond acceptors (Lipinski definition) is 7. The summed E-state index contributed by atoms with van der Waals surface area (Å²) in [5.74, 6) is -0.711. The molecule has 36 heavy (non-hydrogen) atoms. The van der Waals surface area contributed by atoms with Crippen LogP contribution in [0.3, 0.4) is 0 Å². The van der Waals surface area contributed by atoms with Crippen molar-refractivity contribution < 1.29 is 28.6 Å². The first-order valence-electron chi connectivity index (χ1n) is 10.8. The van der Waals surface area contributed by atoms with Crippen molar-refractivity contribution >= 4 is 35.3 Å². The number of carbonyl (C=O) groups excluding carboxylic acids is 3. The van der Waals surface area contributed by atoms with E-state index in [0.29, 0.717) is 34.2 Å². The van der Waals surface area contributed by atoms with E-state index >= 15 is 0 Å². The van der Waals surface area contributed by atoms with E-state index in [-0.39, 0.29) is 12.5 Å². The molecule has 0 aliphatic rings. The minimum Gasteiger partial charge on any atom is -0.497 e. The number of nitrogens with one attached hydrogen (secondary N) is 3. The highest BCUT2D eigenvalue weighted by Crippen LogP contribution is 2.27. The number of aryl methyl sites for hydroxylation is 1. The lowest BCUT2D eigenvalue weighted by molar-refractivity contribution is -0.136. The Balaban J connectivity index is 1.51. The maximum absolute atomic E-state index is 12.2. The molecule has 0 unspecified atom stereocenters. The Morgan fingerprint density at radius 2 is 1.61 bits per heavy atom. The van der Waals surface area contributed by atoms with Crippen molar-refractivity contribution in [2.24, 2.45) is 5.10 Å². The predicted octanol–water partition coefficient (Wildman–Crippen LogP) is 3.12. The molecule has 0 spiro atoms. The summed E-state index contributed by atoms with van der Waals surface area (Å²) >= 11 is 0. The van der Waals surface area contributed by atoms with Crippen molar-refractivity contribution in [1.29, 1.82) is 0 Å². The molecule has 10 heteroatoms. The van der Waals surface area contributed by atoms with Gasteiger partial charge in [0.1, 0.15) is 5.75 Å². The van der Waals surface area contributed by atoms with Crippen molar-refractivity contribution in [3.63, 3.8) is 0 Å². The van der Waals surface area contributed by atoms with Crippen LogP contribution in [0.1, 0.15) is 11.1 Å². The molecule has 0 bridgehead atoms. The molecule has 0 saturated heterocycles. The normalized spacial score (nSPS) is 10.4. The van der Waals surface area contributed by atoms with Gasteiger partial charge in [0.05, 0.1) is 20.4 Å². The van der Waals surface area contributed by atoms with E-state index < -0.39 is 11.8 Å². The predicted molar refractivity (Wildman–Crippen MR) is 136 cm³/mol. The first-order valence-corrected chi connectivity index (χ1v) is 10.8. The molecule has 10 nitrogen and oxygen atoms in total. The van der Waals surface area contributed by atoms with E-state index in [1.807, 2.05) is 13.0 Å². The Morgan fingerprint density at radius 1 is 0.833 bits per heavy atom. The molecule has 186 valence electrons. The van der Waals surface area contributed by atoms with Gasteiger partial charge in [-0.05, 0) is 72.6 Å². The second-order valence-electron chi connectivity index (χ2n) is 7.50. The maximum Gasteiger partial charge on any atom is 0.329 e. The Kier molecular flexibility index (Phi) is 8.99. The number of methoxy groups -OCH3 is 2. The summed E-state index contributed by atoms with van der Waals surface area (Å²) in [7, 11) is 3.02. The quantitative estimate of drug-likeness (QED) is 0.240. The summed E-state index contributed by atoms with van der Waals surface area (Å²) in [6, 6.07) is 18.8. The summed E-state index contributed by atoms with van der Waals surface area (Å²) in [6.45, 7) is 1.64. The van der Waals surface area contributed by atoms with Crippen LogP contribution in [0, 0.1) is 6.92 Å². The van der Waals surface area contributed by atoms with Crippen molar-refractivity contribution in [1.82, 2.24) is 5.43 Å². The molecular formula is C26H26N4O6. The van der Waals surface area contributed by atoms with E-state index in [4.69, 9.17) is 14.2 Å². The molecule has 0 aliphatic carbocycles. The molecule has 3 amide bonds. The van der Waals surface area contributed by atoms with Gasteiger partial charge in [-0.15, -0.1) is 0 Å². The molecule has 3 N–H and O–H groups in total. The van der Waals surface area contributed by atoms with Gasteiger partial charge in [-0.1, -0.05) is 12.1 Å². The number of anilines is 2. The number of benzene rings is 3. The SMILES string of the molecule is COc1ccc(NC(=O)COc2ccc(/C=N\NC(=O)C(=O)Nc3cccc(C)c3)cc2OC)cc1. The van der Waals surface area contributed by atoms with Gasteiger partial charge >= 0.3 is 11.8 Å². The molecule has 0 aromatic heterocycles. The highest BCUT2D eigenvalue weighted by atomic mass is 16.5. The standard InChI is InChI=1S/C26H26N4O6/c1-17-5-4-6-20(13-17)29-25(32)26(33)30-27-15-18-7-12-22(23(14-18)35-3)36-16-24(31)28-19-8-10-21(34-2)11-9-19/h4-15H,16H2,1-3H3,(H,28,31)(H,29,32)(H,30,33)/b27-15-. The summed E-state index contributed by atoms with van der Waals surface area (Å²) in [5.41, 5.74) is 4.81. The second kappa shape index (κ2) is 12.6. The Morgan fingerprint density at radius 3 is 2.31 bits per heavy atom. The molecule has 3 rings (SSSR count). The molecule has 0 atom stereocenters. The van der Waals surface area contributed by atoms with Gasteiger partial charge in [0.15, 0.2) is 18.1 Å². The molecule has 0 saturated carbocycles. The summed E-state index contributed by atoms with van der Waals surface area (Å²) in [5, 5.41) is 9.03. The van der Waals surface area contributed by atoms with Gasteiger partial charge in [-0.3, -0.25) is 14.4 Å². The van der Waals surface area contributed by atoms with Crippen LogP contribution < -0.4 is 30.3 Å². The number of hydrazone groups is 1. The van der Waals surface area contributed by atoms with Crippen molar-refractivity contribution in [2.45, 2.75) is 6.92 Å². The zero-order valence-electron chi connectivity index (χ0n) is 20.0. The summed E-state index contributed by atoms with van der Waals surface area (Å²) in [6.07, 6.45) is 1.35. The van der Waals surface area contributed by atoms with Crippen molar-refractivity contribution in [3.05, 3.63) is 77.9 Å². The van der Waals surface area contributed by atoms with Crippen LogP contribution in [0.2, 0.25) is 0 Å². The molecule has 0 aliphatic heterocycles. The smallest absolute Gasteiger partial charge is 0.329 e. The molecule has 0 heterocycles. The Labute approximate surface area is 208 Å². The van der Waals surface area contributed by atoms with Crippen LogP contribution in [0.4, 0.5) is 11.4 Å². The number of rotatable bonds is 9. The van der Waals surface area contributed by atoms with Gasteiger partial charge in [0, 0.05) is 11.4 Å². The number of amides is 3. The van der Waals surface area contributed by atoms with E-state index in [1.54, 1.807) is 67.8 Å². The average molecular weight is 491 g/mol. The minimum atomic E-state index is -0.914. The number of ether oxygens (including phenoxy) is 3. The Bertz CT molecular complexity index is 1260. The fourth-order valence-electron chi connectivity index (χ4n) is 3.03. The fraction of sp³-hybridized carbons (Fsp3) is 0.154. The fourth-order valence-corrected chi connectivity index (χ4v) is 3.03. The molecular weight excluding hydrogens is 464 g/mol. The molecule has 0 fully saturated rings. The largest absolute Gasteiger partial charge is 0.497 e. The number of hydrogen-bond donors (Lipinski definition) is 3. The zero-order valence-corrected chi connectivity index (χ0v) is 20.0. The van der Waals surface area contributed by atoms with Crippen molar-refractivity contribution in [3.8, 4) is 17.2 Å². The van der Waals surface area contributed by atoms with Crippen LogP contribution in [-0.2, 0) is 14.4 Å². The van der Waals surface area contributed by atoms with Crippen molar-refractivity contribution in [2.75, 3.05) is 31.5 Å². The third kappa shape index (κ3) is 7.59. The van der Waals surface area contributed by atoms with Gasteiger partial charge in [-0.25, -0.2) is 5.43 Å². The molecule has 3 aromatic rings. The highest BCUT2D eigenvalue weighted by Gasteiger charge is 2.13. The van der Waals surface area contributed by atoms with Gasteiger partial charge in [0.25, 0.3) is 5.91 Å². The number of carbonyl (C=O) groups is 3. The molecule has 0 radical (unpaired) electrons. The summed E-state index contributed by atoms with van der Waals surface area (Å²) in [4.78, 5) is 36.2. The zero-order chi connectivity index (χ0) is 25.9. The summed E-state index contributed by atoms with van der Waals surface area (Å²) < 4.78 is 16.0. The second-order valence-corrected chi connectivity index (χ2v) is 7.50. The highest BCUT2D eigenvalue weighted by molar-refractivity contribution is 6.39. The van der Waals surface area contributed by atoms with Gasteiger partial charge in [-0.2, -0.15) is 5.10 Å². The third-order valence-corrected chi connectivity index (χ3v) is 4.78. The lowest BCUT2D eigenvalue weighted by Gasteiger charge is -2.11. The average Bonchev–Trinajstić information content (AvgIpc) is 2.88. The third-order valence-electron chi connectivity index (χ3n) is 4.78. The van der Waals surface area contributed by atoms with Gasteiger partial charge < -0.3 is 24.8 Å². The monoisotopic (exact) mass is 490 g/mol. The van der Waals surface area contributed by atoms with Crippen LogP contribution in [0.25, 0.3) is 0 Å².